The summed E-state index contributed by atoms with van der Waals surface area (Å²) < 4.78 is 0. The van der Waals surface area contributed by atoms with Crippen molar-refractivity contribution in [2.24, 2.45) is 11.8 Å². The number of allylic oxidation sites excluding steroid dienone is 1. The van der Waals surface area contributed by atoms with E-state index in [1.807, 2.05) is 6.08 Å². The third-order valence-corrected chi connectivity index (χ3v) is 3.28. The molecule has 0 nitrogen and oxygen atoms in total. The first-order valence-corrected chi connectivity index (χ1v) is 6.35. The summed E-state index contributed by atoms with van der Waals surface area (Å²) in [4.78, 5) is 0. The van der Waals surface area contributed by atoms with Crippen LogP contribution in [0.3, 0.4) is 0 Å². The van der Waals surface area contributed by atoms with E-state index in [1.165, 1.54) is 44.9 Å². The largest absolute Gasteiger partial charge is 0.103 e. The van der Waals surface area contributed by atoms with Gasteiger partial charge >= 0.3 is 0 Å². The summed E-state index contributed by atoms with van der Waals surface area (Å²) >= 11 is 0. The first kappa shape index (κ1) is 13.7. The van der Waals surface area contributed by atoms with Gasteiger partial charge in [-0.05, 0) is 31.1 Å². The van der Waals surface area contributed by atoms with Crippen molar-refractivity contribution in [3.8, 4) is 0 Å². The number of hydrogen-bond acceptors (Lipinski definition) is 0. The van der Waals surface area contributed by atoms with Gasteiger partial charge in [-0.2, -0.15) is 0 Å². The molecule has 0 radical (unpaired) electrons. The van der Waals surface area contributed by atoms with E-state index >= 15 is 0 Å². The van der Waals surface area contributed by atoms with E-state index in [-0.39, 0.29) is 0 Å². The Bertz CT molecular complexity index is 126. The first-order valence-electron chi connectivity index (χ1n) is 6.35. The fourth-order valence-corrected chi connectivity index (χ4v) is 1.95. The number of unbranched alkanes of at least 4 members (excludes halogenated alkanes) is 2. The summed E-state index contributed by atoms with van der Waals surface area (Å²) in [6.07, 6.45) is 11.5. The van der Waals surface area contributed by atoms with Crippen LogP contribution >= 0.6 is 0 Å². The molecule has 0 saturated heterocycles. The van der Waals surface area contributed by atoms with Crippen molar-refractivity contribution >= 4 is 0 Å². The van der Waals surface area contributed by atoms with Gasteiger partial charge in [0, 0.05) is 0 Å². The summed E-state index contributed by atoms with van der Waals surface area (Å²) in [5.41, 5.74) is 0. The molecule has 0 heterocycles. The molecule has 0 heteroatoms. The molecule has 2 unspecified atom stereocenters. The lowest BCUT2D eigenvalue weighted by Crippen LogP contribution is -2.05. The molecular weight excluding hydrogens is 168 g/mol. The average molecular weight is 196 g/mol. The van der Waals surface area contributed by atoms with Crippen LogP contribution < -0.4 is 0 Å². The van der Waals surface area contributed by atoms with Gasteiger partial charge in [0.15, 0.2) is 0 Å². The quantitative estimate of drug-likeness (QED) is 0.351. The summed E-state index contributed by atoms with van der Waals surface area (Å²) in [6.45, 7) is 10.8. The Morgan fingerprint density at radius 3 is 2.36 bits per heavy atom. The monoisotopic (exact) mass is 196 g/mol. The molecule has 0 aromatic heterocycles. The smallest absolute Gasteiger partial charge is 0.0353 e. The molecule has 0 aliphatic carbocycles. The van der Waals surface area contributed by atoms with Crippen LogP contribution in [0, 0.1) is 11.8 Å². The van der Waals surface area contributed by atoms with Crippen LogP contribution in [0.15, 0.2) is 12.7 Å². The third-order valence-electron chi connectivity index (χ3n) is 3.28. The summed E-state index contributed by atoms with van der Waals surface area (Å²) in [7, 11) is 0. The van der Waals surface area contributed by atoms with Gasteiger partial charge in [0.1, 0.15) is 0 Å². The zero-order chi connectivity index (χ0) is 10.8. The van der Waals surface area contributed by atoms with Crippen molar-refractivity contribution < 1.29 is 0 Å². The van der Waals surface area contributed by atoms with Gasteiger partial charge < -0.3 is 0 Å². The van der Waals surface area contributed by atoms with Gasteiger partial charge in [0.2, 0.25) is 0 Å². The minimum absolute atomic E-state index is 0.916. The Hall–Kier alpha value is -0.260. The van der Waals surface area contributed by atoms with Crippen molar-refractivity contribution in [1.82, 2.24) is 0 Å². The van der Waals surface area contributed by atoms with E-state index in [9.17, 15) is 0 Å². The van der Waals surface area contributed by atoms with Crippen molar-refractivity contribution in [2.75, 3.05) is 0 Å². The van der Waals surface area contributed by atoms with Crippen LogP contribution in [0.5, 0.6) is 0 Å². The van der Waals surface area contributed by atoms with Crippen LogP contribution in [0.2, 0.25) is 0 Å². The molecule has 0 N–H and O–H groups in total. The molecule has 14 heavy (non-hydrogen) atoms. The topological polar surface area (TPSA) is 0 Å². The van der Waals surface area contributed by atoms with E-state index in [2.05, 4.69) is 27.4 Å². The summed E-state index contributed by atoms with van der Waals surface area (Å²) in [5.74, 6) is 1.88. The van der Waals surface area contributed by atoms with Crippen LogP contribution in [0.1, 0.15) is 65.7 Å². The molecule has 0 spiro atoms. The van der Waals surface area contributed by atoms with E-state index in [0.29, 0.717) is 0 Å². The van der Waals surface area contributed by atoms with E-state index < -0.39 is 0 Å². The molecule has 0 aromatic rings. The molecule has 0 rings (SSSR count). The van der Waals surface area contributed by atoms with Gasteiger partial charge in [-0.25, -0.2) is 0 Å². The lowest BCUT2D eigenvalue weighted by Gasteiger charge is -2.18. The van der Waals surface area contributed by atoms with Gasteiger partial charge in [-0.15, -0.1) is 6.58 Å². The van der Waals surface area contributed by atoms with Crippen LogP contribution in [-0.2, 0) is 0 Å². The highest BCUT2D eigenvalue weighted by atomic mass is 14.1. The van der Waals surface area contributed by atoms with Gasteiger partial charge in [0.25, 0.3) is 0 Å². The van der Waals surface area contributed by atoms with Gasteiger partial charge in [0.05, 0.1) is 0 Å². The molecule has 0 saturated carbocycles. The number of hydrogen-bond donors (Lipinski definition) is 0. The maximum absolute atomic E-state index is 3.76. The zero-order valence-corrected chi connectivity index (χ0v) is 10.4. The SMILES string of the molecule is C=CCCCCC(CC)CC(C)CC. The van der Waals surface area contributed by atoms with Crippen LogP contribution in [0.4, 0.5) is 0 Å². The first-order chi connectivity index (χ1) is 6.74. The van der Waals surface area contributed by atoms with E-state index in [1.54, 1.807) is 0 Å². The molecule has 84 valence electrons. The van der Waals surface area contributed by atoms with E-state index in [0.717, 1.165) is 11.8 Å². The molecule has 0 aromatic carbocycles. The fraction of sp³-hybridized carbons (Fsp3) is 0.857. The predicted molar refractivity (Wildman–Crippen MR) is 66.5 cm³/mol. The minimum atomic E-state index is 0.916. The van der Waals surface area contributed by atoms with Crippen molar-refractivity contribution in [2.45, 2.75) is 65.7 Å². The molecule has 0 amide bonds. The lowest BCUT2D eigenvalue weighted by atomic mass is 9.88. The van der Waals surface area contributed by atoms with E-state index in [4.69, 9.17) is 0 Å². The maximum atomic E-state index is 3.76. The number of rotatable bonds is 9. The second-order valence-corrected chi connectivity index (χ2v) is 4.60. The molecule has 0 aliphatic heterocycles. The standard InChI is InChI=1S/C14H28/c1-5-8-9-10-11-14(7-3)12-13(4)6-2/h5,13-14H,1,6-12H2,2-4H3. The molecule has 2 atom stereocenters. The van der Waals surface area contributed by atoms with Crippen LogP contribution in [0.25, 0.3) is 0 Å². The minimum Gasteiger partial charge on any atom is -0.103 e. The Labute approximate surface area is 90.8 Å². The van der Waals surface area contributed by atoms with Crippen molar-refractivity contribution in [3.63, 3.8) is 0 Å². The lowest BCUT2D eigenvalue weighted by molar-refractivity contribution is 0.345. The van der Waals surface area contributed by atoms with Gasteiger partial charge in [-0.1, -0.05) is 52.5 Å². The normalized spacial score (nSPS) is 15.1. The van der Waals surface area contributed by atoms with Gasteiger partial charge in [-0.3, -0.25) is 0 Å². The third kappa shape index (κ3) is 7.17. The van der Waals surface area contributed by atoms with Crippen LogP contribution in [-0.4, -0.2) is 0 Å². The Morgan fingerprint density at radius 1 is 1.14 bits per heavy atom. The second kappa shape index (κ2) is 9.30. The Morgan fingerprint density at radius 2 is 1.86 bits per heavy atom. The predicted octanol–water partition coefficient (Wildman–Crippen LogP) is 5.20. The van der Waals surface area contributed by atoms with Crippen molar-refractivity contribution in [3.05, 3.63) is 12.7 Å². The molecule has 0 bridgehead atoms. The summed E-state index contributed by atoms with van der Waals surface area (Å²) in [6, 6.07) is 0. The highest BCUT2D eigenvalue weighted by molar-refractivity contribution is 4.67. The fourth-order valence-electron chi connectivity index (χ4n) is 1.95. The molecular formula is C14H28. The second-order valence-electron chi connectivity index (χ2n) is 4.60. The Balaban J connectivity index is 3.52. The zero-order valence-electron chi connectivity index (χ0n) is 10.4. The molecule has 0 aliphatic rings. The highest BCUT2D eigenvalue weighted by Crippen LogP contribution is 2.23. The van der Waals surface area contributed by atoms with Crippen molar-refractivity contribution in [1.29, 1.82) is 0 Å². The summed E-state index contributed by atoms with van der Waals surface area (Å²) in [5, 5.41) is 0. The molecule has 0 fully saturated rings. The Kier molecular flexibility index (Phi) is 9.13. The average Bonchev–Trinajstić information content (AvgIpc) is 2.22. The maximum Gasteiger partial charge on any atom is -0.0353 e. The highest BCUT2D eigenvalue weighted by Gasteiger charge is 2.09.